The molecular weight excluding hydrogens is 407 g/mol. The van der Waals surface area contributed by atoms with Crippen LogP contribution in [0.4, 0.5) is 16.5 Å². The quantitative estimate of drug-likeness (QED) is 0.354. The van der Waals surface area contributed by atoms with E-state index in [1.807, 2.05) is 57.5 Å². The molecule has 0 bridgehead atoms. The minimum absolute atomic E-state index is 0. The van der Waals surface area contributed by atoms with E-state index in [0.29, 0.717) is 0 Å². The smallest absolute Gasteiger partial charge is 0.409 e. The number of hydrogen-bond acceptors (Lipinski definition) is 4. The molecule has 4 nitrogen and oxygen atoms in total. The van der Waals surface area contributed by atoms with Crippen molar-refractivity contribution in [2.24, 2.45) is 17.3 Å². The second-order valence-corrected chi connectivity index (χ2v) is 6.03. The molecule has 2 aromatic carbocycles. The van der Waals surface area contributed by atoms with Crippen molar-refractivity contribution >= 4 is 38.1 Å². The summed E-state index contributed by atoms with van der Waals surface area (Å²) in [6.45, 7) is 0. The van der Waals surface area contributed by atoms with E-state index in [0.717, 1.165) is 16.5 Å². The first kappa shape index (κ1) is 16.8. The van der Waals surface area contributed by atoms with Crippen molar-refractivity contribution < 1.29 is 28.5 Å². The summed E-state index contributed by atoms with van der Waals surface area (Å²) < 4.78 is 3.29. The SMILES string of the molecule is CN(C)c1ccc(N=Nc2sc3ccccc3[n+]2C)cc1.[I-]. The number of halogens is 1. The van der Waals surface area contributed by atoms with E-state index in [1.54, 1.807) is 11.3 Å². The Bertz CT molecular complexity index is 794. The van der Waals surface area contributed by atoms with Crippen molar-refractivity contribution in [3.63, 3.8) is 0 Å². The summed E-state index contributed by atoms with van der Waals surface area (Å²) in [5.41, 5.74) is 3.19. The number of anilines is 1. The first-order valence-electron chi connectivity index (χ1n) is 6.72. The van der Waals surface area contributed by atoms with E-state index in [4.69, 9.17) is 0 Å². The topological polar surface area (TPSA) is 31.8 Å². The zero-order chi connectivity index (χ0) is 14.8. The van der Waals surface area contributed by atoms with Gasteiger partial charge in [-0.15, -0.1) is 0 Å². The standard InChI is InChI=1S/C16H17N4S.HI/c1-19(2)13-10-8-12(9-11-13)17-18-16-20(3)14-6-4-5-7-15(14)21-16;/h4-11H,1-3H3;1H/q+1;/p-1. The van der Waals surface area contributed by atoms with E-state index in [1.165, 1.54) is 10.2 Å². The Hall–Kier alpha value is -1.54. The number of nitrogens with zero attached hydrogens (tertiary/aromatic N) is 4. The molecule has 1 aromatic heterocycles. The van der Waals surface area contributed by atoms with Crippen LogP contribution in [-0.2, 0) is 7.05 Å². The molecule has 0 radical (unpaired) electrons. The zero-order valence-electron chi connectivity index (χ0n) is 12.7. The summed E-state index contributed by atoms with van der Waals surface area (Å²) in [6.07, 6.45) is 0. The number of para-hydroxylation sites is 1. The highest BCUT2D eigenvalue weighted by Crippen LogP contribution is 2.27. The van der Waals surface area contributed by atoms with Gasteiger partial charge in [0.1, 0.15) is 11.2 Å². The molecule has 0 N–H and O–H groups in total. The van der Waals surface area contributed by atoms with Crippen LogP contribution in [-0.4, -0.2) is 14.1 Å². The van der Waals surface area contributed by atoms with Crippen molar-refractivity contribution in [3.8, 4) is 0 Å². The van der Waals surface area contributed by atoms with Gasteiger partial charge in [-0.2, -0.15) is 0 Å². The Kier molecular flexibility index (Phi) is 5.47. The molecule has 3 rings (SSSR count). The number of benzene rings is 2. The summed E-state index contributed by atoms with van der Waals surface area (Å²) in [5.74, 6) is 0. The number of fused-ring (bicyclic) bond motifs is 1. The summed E-state index contributed by atoms with van der Waals surface area (Å²) in [4.78, 5) is 2.06. The molecular formula is C16H17IN4S. The largest absolute Gasteiger partial charge is 1.00 e. The third kappa shape index (κ3) is 3.44. The maximum absolute atomic E-state index is 4.38. The van der Waals surface area contributed by atoms with Gasteiger partial charge in [0.25, 0.3) is 0 Å². The van der Waals surface area contributed by atoms with E-state index >= 15 is 0 Å². The average Bonchev–Trinajstić information content (AvgIpc) is 2.82. The predicted molar refractivity (Wildman–Crippen MR) is 87.9 cm³/mol. The number of azo groups is 1. The number of rotatable bonds is 3. The van der Waals surface area contributed by atoms with Crippen LogP contribution < -0.4 is 33.4 Å². The maximum atomic E-state index is 4.38. The summed E-state index contributed by atoms with van der Waals surface area (Å²) in [6, 6.07) is 16.3. The predicted octanol–water partition coefficient (Wildman–Crippen LogP) is 1.21. The van der Waals surface area contributed by atoms with Crippen LogP contribution in [0.5, 0.6) is 0 Å². The Morgan fingerprint density at radius 1 is 0.955 bits per heavy atom. The first-order valence-corrected chi connectivity index (χ1v) is 7.53. The number of aryl methyl sites for hydroxylation is 1. The van der Waals surface area contributed by atoms with Crippen molar-refractivity contribution in [2.75, 3.05) is 19.0 Å². The molecule has 114 valence electrons. The van der Waals surface area contributed by atoms with Crippen LogP contribution in [0.3, 0.4) is 0 Å². The van der Waals surface area contributed by atoms with Gasteiger partial charge in [-0.05, 0) is 52.8 Å². The molecule has 3 aromatic rings. The van der Waals surface area contributed by atoms with Gasteiger partial charge in [0.15, 0.2) is 0 Å². The highest BCUT2D eigenvalue weighted by atomic mass is 127. The summed E-state index contributed by atoms with van der Waals surface area (Å²) in [5, 5.41) is 9.61. The highest BCUT2D eigenvalue weighted by Gasteiger charge is 2.15. The minimum Gasteiger partial charge on any atom is -1.00 e. The summed E-state index contributed by atoms with van der Waals surface area (Å²) >= 11 is 1.65. The lowest BCUT2D eigenvalue weighted by atomic mass is 10.3. The third-order valence-corrected chi connectivity index (χ3v) is 4.44. The Morgan fingerprint density at radius 2 is 1.64 bits per heavy atom. The van der Waals surface area contributed by atoms with Gasteiger partial charge in [-0.3, -0.25) is 0 Å². The van der Waals surface area contributed by atoms with Gasteiger partial charge in [0.2, 0.25) is 0 Å². The van der Waals surface area contributed by atoms with Gasteiger partial charge < -0.3 is 28.9 Å². The molecule has 0 aliphatic rings. The molecule has 0 unspecified atom stereocenters. The fourth-order valence-electron chi connectivity index (χ4n) is 2.10. The molecule has 0 saturated carbocycles. The molecule has 1 heterocycles. The van der Waals surface area contributed by atoms with Gasteiger partial charge >= 0.3 is 5.13 Å². The molecule has 0 fully saturated rings. The van der Waals surface area contributed by atoms with Crippen LogP contribution >= 0.6 is 11.3 Å². The molecule has 22 heavy (non-hydrogen) atoms. The highest BCUT2D eigenvalue weighted by molar-refractivity contribution is 7.21. The first-order chi connectivity index (χ1) is 10.1. The van der Waals surface area contributed by atoms with E-state index in [2.05, 4.69) is 31.8 Å². The summed E-state index contributed by atoms with van der Waals surface area (Å²) in [7, 11) is 6.06. The molecule has 0 amide bonds. The van der Waals surface area contributed by atoms with E-state index in [-0.39, 0.29) is 24.0 Å². The molecule has 6 heteroatoms. The van der Waals surface area contributed by atoms with Crippen molar-refractivity contribution in [2.45, 2.75) is 0 Å². The lowest BCUT2D eigenvalue weighted by molar-refractivity contribution is -0.627. The fraction of sp³-hybridized carbons (Fsp3) is 0.188. The van der Waals surface area contributed by atoms with Gasteiger partial charge in [-0.25, -0.2) is 4.57 Å². The lowest BCUT2D eigenvalue weighted by Gasteiger charge is -2.11. The van der Waals surface area contributed by atoms with Crippen molar-refractivity contribution in [3.05, 3.63) is 48.5 Å². The monoisotopic (exact) mass is 424 g/mol. The van der Waals surface area contributed by atoms with Crippen LogP contribution in [0.15, 0.2) is 58.8 Å². The number of thiazole rings is 1. The molecule has 0 aliphatic heterocycles. The van der Waals surface area contributed by atoms with Crippen LogP contribution in [0, 0.1) is 0 Å². The normalized spacial score (nSPS) is 10.9. The lowest BCUT2D eigenvalue weighted by Crippen LogP contribution is -3.00. The van der Waals surface area contributed by atoms with Crippen LogP contribution in [0.2, 0.25) is 0 Å². The Balaban J connectivity index is 0.00000176. The third-order valence-electron chi connectivity index (χ3n) is 3.33. The minimum atomic E-state index is 0. The van der Waals surface area contributed by atoms with Crippen LogP contribution in [0.1, 0.15) is 0 Å². The number of hydrogen-bond donors (Lipinski definition) is 0. The van der Waals surface area contributed by atoms with Gasteiger partial charge in [-0.1, -0.05) is 12.1 Å². The number of aromatic nitrogens is 1. The zero-order valence-corrected chi connectivity index (χ0v) is 15.7. The van der Waals surface area contributed by atoms with Gasteiger partial charge in [0, 0.05) is 19.8 Å². The Morgan fingerprint density at radius 3 is 2.27 bits per heavy atom. The van der Waals surface area contributed by atoms with E-state index in [9.17, 15) is 0 Å². The molecule has 0 atom stereocenters. The van der Waals surface area contributed by atoms with Crippen molar-refractivity contribution in [1.29, 1.82) is 0 Å². The molecule has 0 spiro atoms. The van der Waals surface area contributed by atoms with Gasteiger partial charge in [0.05, 0.1) is 16.9 Å². The van der Waals surface area contributed by atoms with Crippen LogP contribution in [0.25, 0.3) is 10.2 Å². The molecule has 0 saturated heterocycles. The fourth-order valence-corrected chi connectivity index (χ4v) is 3.07. The molecule has 0 aliphatic carbocycles. The average molecular weight is 424 g/mol. The Labute approximate surface area is 151 Å². The second kappa shape index (κ2) is 7.15. The van der Waals surface area contributed by atoms with E-state index < -0.39 is 0 Å². The van der Waals surface area contributed by atoms with Crippen molar-refractivity contribution in [1.82, 2.24) is 0 Å². The second-order valence-electron chi connectivity index (χ2n) is 5.02. The maximum Gasteiger partial charge on any atom is 0.409 e.